The highest BCUT2D eigenvalue weighted by Gasteiger charge is 2.27. The molecule has 0 unspecified atom stereocenters. The molecule has 3 aromatic heterocycles. The molecule has 1 aromatic carbocycles. The fraction of sp³-hybridized carbons (Fsp3) is 0.545. The predicted octanol–water partition coefficient (Wildman–Crippen LogP) is 5.77. The van der Waals surface area contributed by atoms with Gasteiger partial charge in [-0.2, -0.15) is 0 Å². The lowest BCUT2D eigenvalue weighted by atomic mass is 10.0. The van der Waals surface area contributed by atoms with Gasteiger partial charge in [-0.05, 0) is 69.9 Å². The minimum Gasteiger partial charge on any atom is -0.494 e. The maximum Gasteiger partial charge on any atom is 0.254 e. The molecule has 9 nitrogen and oxygen atoms in total. The quantitative estimate of drug-likeness (QED) is 0.335. The largest absolute Gasteiger partial charge is 0.494 e. The lowest BCUT2D eigenvalue weighted by molar-refractivity contribution is -0.0264. The standard InChI is InChI=1S/C33H44N6O3/c1-33(2)28-14-13-22-19-26(39(30(22)36-28)16-9-7-5-6-8-10-17-42-33)31-35-25-18-23(20-27(41-4)29(25)37(31)3)32(40)38-15-11-12-24(34)21-38/h13-14,18-20,24H,5-12,15-17,21,34H2,1-4H3/t24-/m1/s1. The third-order valence-electron chi connectivity index (χ3n) is 8.98. The third kappa shape index (κ3) is 5.40. The van der Waals surface area contributed by atoms with E-state index in [1.807, 2.05) is 24.1 Å². The second kappa shape index (κ2) is 11.7. The first-order chi connectivity index (χ1) is 20.3. The van der Waals surface area contributed by atoms with Crippen molar-refractivity contribution in [1.29, 1.82) is 0 Å². The van der Waals surface area contributed by atoms with Crippen LogP contribution in [-0.4, -0.2) is 62.8 Å². The molecule has 2 N–H and O–H groups in total. The van der Waals surface area contributed by atoms with Crippen molar-refractivity contribution in [2.45, 2.75) is 83.4 Å². The van der Waals surface area contributed by atoms with Gasteiger partial charge in [0.05, 0.1) is 24.0 Å². The number of carbonyl (C=O) groups excluding carboxylic acids is 1. The molecule has 5 heterocycles. The van der Waals surface area contributed by atoms with Gasteiger partial charge in [-0.3, -0.25) is 4.79 Å². The average Bonchev–Trinajstić information content (AvgIpc) is 3.51. The Balaban J connectivity index is 1.46. The van der Waals surface area contributed by atoms with Gasteiger partial charge in [-0.15, -0.1) is 0 Å². The van der Waals surface area contributed by atoms with Crippen molar-refractivity contribution in [3.05, 3.63) is 41.6 Å². The number of hydrogen-bond donors (Lipinski definition) is 1. The van der Waals surface area contributed by atoms with Gasteiger partial charge in [0, 0.05) is 50.3 Å². The summed E-state index contributed by atoms with van der Waals surface area (Å²) in [5.74, 6) is 1.43. The maximum absolute atomic E-state index is 13.5. The Kier molecular flexibility index (Phi) is 7.98. The Morgan fingerprint density at radius 2 is 1.81 bits per heavy atom. The molecule has 1 fully saturated rings. The summed E-state index contributed by atoms with van der Waals surface area (Å²) in [5.41, 5.74) is 10.8. The summed E-state index contributed by atoms with van der Waals surface area (Å²) >= 11 is 0. The van der Waals surface area contributed by atoms with Crippen LogP contribution >= 0.6 is 0 Å². The number of nitrogens with two attached hydrogens (primary N) is 1. The number of methoxy groups -OCH3 is 1. The molecule has 9 heteroatoms. The number of likely N-dealkylation sites (tertiary alicyclic amines) is 1. The van der Waals surface area contributed by atoms with E-state index in [1.54, 1.807) is 7.11 Å². The average molecular weight is 573 g/mol. The van der Waals surface area contributed by atoms with Gasteiger partial charge >= 0.3 is 0 Å². The van der Waals surface area contributed by atoms with Crippen molar-refractivity contribution in [2.75, 3.05) is 26.8 Å². The molecule has 0 spiro atoms. The number of pyridine rings is 1. The Bertz CT molecular complexity index is 1600. The number of rotatable bonds is 3. The topological polar surface area (TPSA) is 100 Å². The Morgan fingerprint density at radius 1 is 1.02 bits per heavy atom. The summed E-state index contributed by atoms with van der Waals surface area (Å²) in [5, 5.41) is 1.08. The van der Waals surface area contributed by atoms with Crippen molar-refractivity contribution in [3.8, 4) is 17.3 Å². The number of ether oxygens (including phenoxy) is 2. The number of aromatic nitrogens is 4. The minimum atomic E-state index is -0.472. The van der Waals surface area contributed by atoms with Gasteiger partial charge in [-0.1, -0.05) is 25.7 Å². The van der Waals surface area contributed by atoms with Crippen LogP contribution in [0.1, 0.15) is 81.3 Å². The van der Waals surface area contributed by atoms with Gasteiger partial charge in [0.25, 0.3) is 5.91 Å². The van der Waals surface area contributed by atoms with Crippen LogP contribution < -0.4 is 10.5 Å². The zero-order valence-electron chi connectivity index (χ0n) is 25.5. The molecule has 0 aliphatic carbocycles. The van der Waals surface area contributed by atoms with E-state index in [9.17, 15) is 4.79 Å². The van der Waals surface area contributed by atoms with E-state index in [0.717, 1.165) is 84.7 Å². The smallest absolute Gasteiger partial charge is 0.254 e. The van der Waals surface area contributed by atoms with Crippen LogP contribution in [0.15, 0.2) is 30.3 Å². The molecule has 0 radical (unpaired) electrons. The Hall–Kier alpha value is -3.43. The normalized spacial score (nSPS) is 20.2. The van der Waals surface area contributed by atoms with Gasteiger partial charge in [0.1, 0.15) is 22.5 Å². The van der Waals surface area contributed by atoms with E-state index in [2.05, 4.69) is 41.2 Å². The van der Waals surface area contributed by atoms with E-state index in [-0.39, 0.29) is 11.9 Å². The monoisotopic (exact) mass is 572 g/mol. The second-order valence-corrected chi connectivity index (χ2v) is 12.5. The molecule has 4 aromatic rings. The first-order valence-electron chi connectivity index (χ1n) is 15.5. The van der Waals surface area contributed by atoms with Crippen molar-refractivity contribution in [1.82, 2.24) is 24.0 Å². The van der Waals surface area contributed by atoms with Crippen LogP contribution in [0.2, 0.25) is 0 Å². The highest BCUT2D eigenvalue weighted by Crippen LogP contribution is 2.35. The van der Waals surface area contributed by atoms with E-state index in [1.165, 1.54) is 25.7 Å². The van der Waals surface area contributed by atoms with E-state index >= 15 is 0 Å². The number of imidazole rings is 1. The lowest BCUT2D eigenvalue weighted by Gasteiger charge is -2.30. The maximum atomic E-state index is 13.5. The number of nitrogens with zero attached hydrogens (tertiary/aromatic N) is 5. The van der Waals surface area contributed by atoms with E-state index in [0.29, 0.717) is 17.9 Å². The van der Waals surface area contributed by atoms with Crippen LogP contribution in [0.4, 0.5) is 0 Å². The Morgan fingerprint density at radius 3 is 2.60 bits per heavy atom. The van der Waals surface area contributed by atoms with Crippen LogP contribution in [0.25, 0.3) is 33.6 Å². The number of carbonyl (C=O) groups is 1. The van der Waals surface area contributed by atoms with Crippen LogP contribution in [0.3, 0.4) is 0 Å². The first kappa shape index (κ1) is 28.7. The van der Waals surface area contributed by atoms with E-state index < -0.39 is 5.60 Å². The molecule has 2 aliphatic heterocycles. The van der Waals surface area contributed by atoms with Crippen LogP contribution in [-0.2, 0) is 23.9 Å². The summed E-state index contributed by atoms with van der Waals surface area (Å²) in [7, 11) is 3.66. The zero-order chi connectivity index (χ0) is 29.4. The highest BCUT2D eigenvalue weighted by atomic mass is 16.5. The fourth-order valence-corrected chi connectivity index (χ4v) is 6.55. The predicted molar refractivity (Wildman–Crippen MR) is 166 cm³/mol. The molecule has 2 bridgehead atoms. The van der Waals surface area contributed by atoms with Gasteiger partial charge in [-0.25, -0.2) is 9.97 Å². The zero-order valence-corrected chi connectivity index (χ0v) is 25.5. The number of aryl methyl sites for hydroxylation is 2. The van der Waals surface area contributed by atoms with Crippen molar-refractivity contribution in [3.63, 3.8) is 0 Å². The highest BCUT2D eigenvalue weighted by molar-refractivity contribution is 6.00. The van der Waals surface area contributed by atoms with Crippen molar-refractivity contribution in [2.24, 2.45) is 12.8 Å². The van der Waals surface area contributed by atoms with Gasteiger partial charge < -0.3 is 29.2 Å². The summed E-state index contributed by atoms with van der Waals surface area (Å²) in [6, 6.07) is 10.2. The van der Waals surface area contributed by atoms with E-state index in [4.69, 9.17) is 25.2 Å². The molecule has 6 rings (SSSR count). The summed E-state index contributed by atoms with van der Waals surface area (Å²) < 4.78 is 16.5. The molecular weight excluding hydrogens is 528 g/mol. The Labute approximate surface area is 248 Å². The third-order valence-corrected chi connectivity index (χ3v) is 8.98. The minimum absolute atomic E-state index is 0.0193. The molecule has 42 heavy (non-hydrogen) atoms. The second-order valence-electron chi connectivity index (χ2n) is 12.5. The number of hydrogen-bond acceptors (Lipinski definition) is 6. The van der Waals surface area contributed by atoms with Crippen LogP contribution in [0, 0.1) is 0 Å². The number of benzene rings is 1. The number of fused-ring (bicyclic) bond motifs is 2. The van der Waals surface area contributed by atoms with Gasteiger partial charge in [0.2, 0.25) is 0 Å². The molecule has 1 atom stereocenters. The number of amides is 1. The van der Waals surface area contributed by atoms with Crippen molar-refractivity contribution < 1.29 is 14.3 Å². The molecule has 0 saturated carbocycles. The molecule has 2 aliphatic rings. The molecular formula is C33H44N6O3. The van der Waals surface area contributed by atoms with Crippen molar-refractivity contribution >= 4 is 28.0 Å². The first-order valence-corrected chi connectivity index (χ1v) is 15.5. The molecule has 1 amide bonds. The SMILES string of the molecule is COc1cc(C(=O)N2CCC[C@@H](N)C2)cc2nc(-c3cc4ccc5nc4n3CCCCCCCCOC5(C)C)n(C)c12. The lowest BCUT2D eigenvalue weighted by Crippen LogP contribution is -2.45. The fourth-order valence-electron chi connectivity index (χ4n) is 6.55. The summed E-state index contributed by atoms with van der Waals surface area (Å²) in [6.45, 7) is 7.11. The van der Waals surface area contributed by atoms with Gasteiger partial charge in [0.15, 0.2) is 5.82 Å². The summed E-state index contributed by atoms with van der Waals surface area (Å²) in [6.07, 6.45) is 8.85. The molecule has 224 valence electrons. The van der Waals surface area contributed by atoms with Crippen LogP contribution in [0.5, 0.6) is 5.75 Å². The molecule has 1 saturated heterocycles. The summed E-state index contributed by atoms with van der Waals surface area (Å²) in [4.78, 5) is 25.6. The number of piperidine rings is 1.